The molecule has 0 spiro atoms. The zero-order chi connectivity index (χ0) is 21.8. The van der Waals surface area contributed by atoms with E-state index in [9.17, 15) is 4.79 Å². The van der Waals surface area contributed by atoms with Gasteiger partial charge in [-0.25, -0.2) is 4.79 Å². The fraction of sp³-hybridized carbons (Fsp3) is 0.360. The molecule has 0 radical (unpaired) electrons. The quantitative estimate of drug-likeness (QED) is 0.562. The lowest BCUT2D eigenvalue weighted by atomic mass is 10.0. The number of hydrogen-bond acceptors (Lipinski definition) is 6. The van der Waals surface area contributed by atoms with Gasteiger partial charge >= 0.3 is 5.97 Å². The Balaban J connectivity index is 1.53. The van der Waals surface area contributed by atoms with E-state index in [2.05, 4.69) is 21.9 Å². The number of anilines is 1. The average molecular weight is 420 g/mol. The van der Waals surface area contributed by atoms with Crippen LogP contribution in [0, 0.1) is 6.92 Å². The van der Waals surface area contributed by atoms with Crippen LogP contribution in [0.15, 0.2) is 48.5 Å². The van der Waals surface area contributed by atoms with Gasteiger partial charge in [0.25, 0.3) is 0 Å². The van der Waals surface area contributed by atoms with Crippen LogP contribution in [0.25, 0.3) is 10.9 Å². The molecule has 2 heterocycles. The first-order valence-electron chi connectivity index (χ1n) is 10.8. The van der Waals surface area contributed by atoms with Gasteiger partial charge in [0, 0.05) is 43.8 Å². The predicted molar refractivity (Wildman–Crippen MR) is 123 cm³/mol. The lowest BCUT2D eigenvalue weighted by Crippen LogP contribution is -2.46. The summed E-state index contributed by atoms with van der Waals surface area (Å²) in [7, 11) is 1.68. The molecule has 0 aliphatic carbocycles. The number of aryl methyl sites for hydroxylation is 1. The molecule has 4 rings (SSSR count). The van der Waals surface area contributed by atoms with Crippen molar-refractivity contribution in [3.8, 4) is 5.75 Å². The van der Waals surface area contributed by atoms with Crippen LogP contribution in [0.3, 0.4) is 0 Å². The maximum absolute atomic E-state index is 12.8. The number of fused-ring (bicyclic) bond motifs is 1. The molecule has 3 aromatic rings. The van der Waals surface area contributed by atoms with Crippen molar-refractivity contribution >= 4 is 22.6 Å². The number of para-hydroxylation sites is 1. The topological polar surface area (TPSA) is 54.9 Å². The summed E-state index contributed by atoms with van der Waals surface area (Å²) in [6.45, 7) is 8.47. The van der Waals surface area contributed by atoms with E-state index in [0.717, 1.165) is 54.1 Å². The minimum atomic E-state index is -0.287. The van der Waals surface area contributed by atoms with Crippen molar-refractivity contribution < 1.29 is 14.3 Å². The predicted octanol–water partition coefficient (Wildman–Crippen LogP) is 4.05. The third kappa shape index (κ3) is 4.49. The number of benzene rings is 2. The lowest BCUT2D eigenvalue weighted by molar-refractivity contribution is 0.0522. The van der Waals surface area contributed by atoms with Crippen LogP contribution in [-0.2, 0) is 11.3 Å². The Labute approximate surface area is 183 Å². The van der Waals surface area contributed by atoms with E-state index >= 15 is 0 Å². The van der Waals surface area contributed by atoms with Gasteiger partial charge in [0.1, 0.15) is 5.75 Å². The Morgan fingerprint density at radius 1 is 1.03 bits per heavy atom. The van der Waals surface area contributed by atoms with Gasteiger partial charge in [0.05, 0.1) is 30.5 Å². The number of aromatic nitrogens is 1. The van der Waals surface area contributed by atoms with Crippen LogP contribution in [-0.4, -0.2) is 55.7 Å². The maximum atomic E-state index is 12.8. The number of carbonyl (C=O) groups excluding carboxylic acids is 1. The number of nitrogens with zero attached hydrogens (tertiary/aromatic N) is 3. The van der Waals surface area contributed by atoms with Crippen LogP contribution in [0.1, 0.15) is 28.5 Å². The van der Waals surface area contributed by atoms with Gasteiger partial charge in [-0.15, -0.1) is 0 Å². The Bertz CT molecular complexity index is 1060. The van der Waals surface area contributed by atoms with Crippen molar-refractivity contribution in [1.29, 1.82) is 0 Å². The molecule has 0 N–H and O–H groups in total. The molecular formula is C25H29N3O3. The molecule has 6 nitrogen and oxygen atoms in total. The summed E-state index contributed by atoms with van der Waals surface area (Å²) in [5, 5.41) is 0.999. The van der Waals surface area contributed by atoms with Crippen molar-refractivity contribution in [1.82, 2.24) is 9.88 Å². The molecule has 0 bridgehead atoms. The maximum Gasteiger partial charge on any atom is 0.340 e. The molecule has 1 fully saturated rings. The summed E-state index contributed by atoms with van der Waals surface area (Å²) in [5.74, 6) is 0.580. The van der Waals surface area contributed by atoms with Gasteiger partial charge in [0.15, 0.2) is 0 Å². The monoisotopic (exact) mass is 419 g/mol. The number of esters is 1. The summed E-state index contributed by atoms with van der Waals surface area (Å²) < 4.78 is 10.6. The van der Waals surface area contributed by atoms with Crippen LogP contribution in [0.2, 0.25) is 0 Å². The fourth-order valence-corrected chi connectivity index (χ4v) is 4.20. The van der Waals surface area contributed by atoms with E-state index in [1.807, 2.05) is 50.2 Å². The lowest BCUT2D eigenvalue weighted by Gasteiger charge is -2.36. The summed E-state index contributed by atoms with van der Waals surface area (Å²) in [6.07, 6.45) is 0. The largest absolute Gasteiger partial charge is 0.497 e. The van der Waals surface area contributed by atoms with Gasteiger partial charge in [-0.2, -0.15) is 0 Å². The highest BCUT2D eigenvalue weighted by atomic mass is 16.5. The molecule has 0 amide bonds. The molecule has 31 heavy (non-hydrogen) atoms. The third-order valence-electron chi connectivity index (χ3n) is 5.89. The molecule has 1 saturated heterocycles. The smallest absolute Gasteiger partial charge is 0.340 e. The molecule has 1 aromatic heterocycles. The first kappa shape index (κ1) is 21.1. The second-order valence-electron chi connectivity index (χ2n) is 7.76. The fourth-order valence-electron chi connectivity index (χ4n) is 4.20. The van der Waals surface area contributed by atoms with E-state index in [4.69, 9.17) is 14.5 Å². The van der Waals surface area contributed by atoms with Crippen molar-refractivity contribution in [2.75, 3.05) is 44.8 Å². The van der Waals surface area contributed by atoms with Crippen molar-refractivity contribution in [3.63, 3.8) is 0 Å². The normalized spacial score (nSPS) is 14.6. The standard InChI is InChI=1S/C25H29N3O3/c1-4-31-25(29)24-18(2)21-7-5-6-8-22(21)26-23(24)17-27-13-15-28(16-14-27)19-9-11-20(30-3)12-10-19/h5-12H,4,13-17H2,1-3H3. The van der Waals surface area contributed by atoms with Crippen molar-refractivity contribution in [2.24, 2.45) is 0 Å². The van der Waals surface area contributed by atoms with Gasteiger partial charge in [-0.1, -0.05) is 18.2 Å². The zero-order valence-electron chi connectivity index (χ0n) is 18.4. The molecule has 6 heteroatoms. The van der Waals surface area contributed by atoms with Crippen LogP contribution in [0.5, 0.6) is 5.75 Å². The Kier molecular flexibility index (Phi) is 6.37. The number of methoxy groups -OCH3 is 1. The summed E-state index contributed by atoms with van der Waals surface area (Å²) in [4.78, 5) is 22.4. The first-order valence-corrected chi connectivity index (χ1v) is 10.8. The summed E-state index contributed by atoms with van der Waals surface area (Å²) in [5.41, 5.74) is 4.47. The number of hydrogen-bond donors (Lipinski definition) is 0. The van der Waals surface area contributed by atoms with Crippen LogP contribution in [0.4, 0.5) is 5.69 Å². The van der Waals surface area contributed by atoms with E-state index in [1.165, 1.54) is 5.69 Å². The number of piperazine rings is 1. The van der Waals surface area contributed by atoms with Gasteiger partial charge in [-0.05, 0) is 49.7 Å². The molecule has 1 aliphatic heterocycles. The van der Waals surface area contributed by atoms with Crippen molar-refractivity contribution in [2.45, 2.75) is 20.4 Å². The molecule has 0 saturated carbocycles. The molecule has 1 aliphatic rings. The average Bonchev–Trinajstić information content (AvgIpc) is 2.80. The highest BCUT2D eigenvalue weighted by Gasteiger charge is 2.24. The van der Waals surface area contributed by atoms with Gasteiger partial charge < -0.3 is 14.4 Å². The SMILES string of the molecule is CCOC(=O)c1c(CN2CCN(c3ccc(OC)cc3)CC2)nc2ccccc2c1C. The molecular weight excluding hydrogens is 390 g/mol. The zero-order valence-corrected chi connectivity index (χ0v) is 18.4. The minimum absolute atomic E-state index is 0.287. The molecule has 2 aromatic carbocycles. The number of rotatable bonds is 6. The Morgan fingerprint density at radius 2 is 1.74 bits per heavy atom. The highest BCUT2D eigenvalue weighted by molar-refractivity contribution is 5.98. The third-order valence-corrected chi connectivity index (χ3v) is 5.89. The Morgan fingerprint density at radius 3 is 2.42 bits per heavy atom. The Hall–Kier alpha value is -3.12. The van der Waals surface area contributed by atoms with E-state index < -0.39 is 0 Å². The second kappa shape index (κ2) is 9.35. The number of pyridine rings is 1. The molecule has 162 valence electrons. The highest BCUT2D eigenvalue weighted by Crippen LogP contribution is 2.26. The van der Waals surface area contributed by atoms with E-state index in [0.29, 0.717) is 18.7 Å². The van der Waals surface area contributed by atoms with Crippen LogP contribution >= 0.6 is 0 Å². The minimum Gasteiger partial charge on any atom is -0.497 e. The van der Waals surface area contributed by atoms with Gasteiger partial charge in [-0.3, -0.25) is 9.88 Å². The van der Waals surface area contributed by atoms with E-state index in [1.54, 1.807) is 7.11 Å². The molecule has 0 unspecified atom stereocenters. The number of carbonyl (C=O) groups is 1. The second-order valence-corrected chi connectivity index (χ2v) is 7.76. The summed E-state index contributed by atoms with van der Waals surface area (Å²) in [6, 6.07) is 16.2. The van der Waals surface area contributed by atoms with Gasteiger partial charge in [0.2, 0.25) is 0 Å². The first-order chi connectivity index (χ1) is 15.1. The van der Waals surface area contributed by atoms with Crippen LogP contribution < -0.4 is 9.64 Å². The summed E-state index contributed by atoms with van der Waals surface area (Å²) >= 11 is 0. The number of ether oxygens (including phenoxy) is 2. The molecule has 0 atom stereocenters. The van der Waals surface area contributed by atoms with Crippen molar-refractivity contribution in [3.05, 3.63) is 65.4 Å². The van der Waals surface area contributed by atoms with E-state index in [-0.39, 0.29) is 5.97 Å².